The van der Waals surface area contributed by atoms with Crippen molar-refractivity contribution in [3.63, 3.8) is 0 Å². The Morgan fingerprint density at radius 2 is 2.33 bits per heavy atom. The van der Waals surface area contributed by atoms with Gasteiger partial charge in [-0.3, -0.25) is 0 Å². The molecule has 0 aromatic carbocycles. The zero-order valence-electron chi connectivity index (χ0n) is 6.53. The molecule has 1 aromatic heterocycles. The van der Waals surface area contributed by atoms with Gasteiger partial charge in [-0.05, 0) is 12.8 Å². The minimum atomic E-state index is -0.741. The van der Waals surface area contributed by atoms with E-state index in [-0.39, 0.29) is 6.04 Å². The van der Waals surface area contributed by atoms with Crippen LogP contribution >= 0.6 is 11.3 Å². The normalized spacial score (nSPS) is 34.7. The summed E-state index contributed by atoms with van der Waals surface area (Å²) in [5.41, 5.74) is 10.3. The average molecular weight is 185 g/mol. The monoisotopic (exact) mass is 185 g/mol. The summed E-state index contributed by atoms with van der Waals surface area (Å²) in [6, 6.07) is 0.123. The maximum atomic E-state index is 9.90. The summed E-state index contributed by atoms with van der Waals surface area (Å²) in [7, 11) is 0. The quantitative estimate of drug-likeness (QED) is 0.576. The Bertz CT molecular complexity index is 293. The lowest BCUT2D eigenvalue weighted by molar-refractivity contribution is -0.0492. The second kappa shape index (κ2) is 2.42. The number of hydrogen-bond donors (Lipinski definition) is 3. The van der Waals surface area contributed by atoms with E-state index in [4.69, 9.17) is 11.5 Å². The molecule has 0 saturated heterocycles. The zero-order chi connectivity index (χ0) is 8.77. The zero-order valence-corrected chi connectivity index (χ0v) is 7.34. The molecular weight excluding hydrogens is 174 g/mol. The first-order valence-corrected chi connectivity index (χ1v) is 4.61. The summed E-state index contributed by atoms with van der Waals surface area (Å²) >= 11 is 1.33. The van der Waals surface area contributed by atoms with E-state index in [1.54, 1.807) is 6.20 Å². The lowest BCUT2D eigenvalue weighted by atomic mass is 9.75. The Kier molecular flexibility index (Phi) is 1.61. The van der Waals surface area contributed by atoms with Gasteiger partial charge >= 0.3 is 0 Å². The van der Waals surface area contributed by atoms with Gasteiger partial charge in [0.05, 0.1) is 4.88 Å². The van der Waals surface area contributed by atoms with Gasteiger partial charge in [-0.1, -0.05) is 11.3 Å². The van der Waals surface area contributed by atoms with Gasteiger partial charge in [-0.25, -0.2) is 4.98 Å². The third-order valence-electron chi connectivity index (χ3n) is 2.18. The second-order valence-corrected chi connectivity index (χ2v) is 4.32. The molecule has 1 fully saturated rings. The number of aliphatic hydroxyl groups is 1. The van der Waals surface area contributed by atoms with Gasteiger partial charge in [0.15, 0.2) is 5.13 Å². The first kappa shape index (κ1) is 7.97. The van der Waals surface area contributed by atoms with Crippen molar-refractivity contribution in [1.82, 2.24) is 4.98 Å². The van der Waals surface area contributed by atoms with E-state index in [9.17, 15) is 5.11 Å². The largest absolute Gasteiger partial charge is 0.384 e. The number of nitrogens with zero attached hydrogens (tertiary/aromatic N) is 1. The molecule has 5 heteroatoms. The molecule has 12 heavy (non-hydrogen) atoms. The van der Waals surface area contributed by atoms with E-state index >= 15 is 0 Å². The summed E-state index contributed by atoms with van der Waals surface area (Å²) in [5, 5.41) is 10.4. The maximum absolute atomic E-state index is 9.90. The van der Waals surface area contributed by atoms with Gasteiger partial charge in [0.1, 0.15) is 5.60 Å². The molecule has 2 rings (SSSR count). The third kappa shape index (κ3) is 1.10. The predicted molar refractivity (Wildman–Crippen MR) is 47.6 cm³/mol. The van der Waals surface area contributed by atoms with E-state index in [0.29, 0.717) is 18.0 Å². The Balaban J connectivity index is 2.20. The van der Waals surface area contributed by atoms with Crippen molar-refractivity contribution in [2.45, 2.75) is 24.5 Å². The van der Waals surface area contributed by atoms with Gasteiger partial charge in [0.25, 0.3) is 0 Å². The smallest absolute Gasteiger partial charge is 0.180 e. The molecule has 0 atom stereocenters. The highest BCUT2D eigenvalue weighted by atomic mass is 32.1. The fourth-order valence-electron chi connectivity index (χ4n) is 1.51. The van der Waals surface area contributed by atoms with Crippen molar-refractivity contribution >= 4 is 16.5 Å². The first-order chi connectivity index (χ1) is 5.60. The maximum Gasteiger partial charge on any atom is 0.180 e. The molecule has 1 saturated carbocycles. The fraction of sp³-hybridized carbons (Fsp3) is 0.571. The first-order valence-electron chi connectivity index (χ1n) is 3.80. The standard InChI is InChI=1S/C7H11N3OS/c8-4-1-7(11,2-4)5-3-10-6(9)12-5/h3-4,11H,1-2,8H2,(H2,9,10). The molecule has 0 radical (unpaired) electrons. The third-order valence-corrected chi connectivity index (χ3v) is 3.20. The highest BCUT2D eigenvalue weighted by molar-refractivity contribution is 7.15. The highest BCUT2D eigenvalue weighted by Crippen LogP contribution is 2.42. The Labute approximate surface area is 74.2 Å². The number of aromatic nitrogens is 1. The number of anilines is 1. The molecule has 0 aliphatic heterocycles. The molecule has 1 aliphatic rings. The molecule has 0 bridgehead atoms. The molecule has 4 nitrogen and oxygen atoms in total. The summed E-state index contributed by atoms with van der Waals surface area (Å²) in [4.78, 5) is 4.72. The van der Waals surface area contributed by atoms with Crippen LogP contribution < -0.4 is 11.5 Å². The van der Waals surface area contributed by atoms with Crippen LogP contribution in [-0.2, 0) is 5.60 Å². The van der Waals surface area contributed by atoms with E-state index in [1.165, 1.54) is 11.3 Å². The number of nitrogens with two attached hydrogens (primary N) is 2. The van der Waals surface area contributed by atoms with Crippen molar-refractivity contribution in [3.05, 3.63) is 11.1 Å². The van der Waals surface area contributed by atoms with E-state index in [2.05, 4.69) is 4.98 Å². The van der Waals surface area contributed by atoms with Crippen LogP contribution in [0.25, 0.3) is 0 Å². The van der Waals surface area contributed by atoms with Crippen molar-refractivity contribution in [2.75, 3.05) is 5.73 Å². The Morgan fingerprint density at radius 3 is 2.75 bits per heavy atom. The molecule has 0 unspecified atom stereocenters. The van der Waals surface area contributed by atoms with Crippen LogP contribution in [0.4, 0.5) is 5.13 Å². The van der Waals surface area contributed by atoms with E-state index < -0.39 is 5.60 Å². The highest BCUT2D eigenvalue weighted by Gasteiger charge is 2.43. The Hall–Kier alpha value is -0.650. The summed E-state index contributed by atoms with van der Waals surface area (Å²) in [6.45, 7) is 0. The van der Waals surface area contributed by atoms with Gasteiger partial charge in [-0.2, -0.15) is 0 Å². The lowest BCUT2D eigenvalue weighted by Gasteiger charge is -2.40. The number of thiazole rings is 1. The van der Waals surface area contributed by atoms with Crippen LogP contribution in [0.15, 0.2) is 6.20 Å². The average Bonchev–Trinajstić information content (AvgIpc) is 2.33. The van der Waals surface area contributed by atoms with Crippen LogP contribution in [-0.4, -0.2) is 16.1 Å². The van der Waals surface area contributed by atoms with Crippen LogP contribution in [0.3, 0.4) is 0 Å². The Morgan fingerprint density at radius 1 is 1.67 bits per heavy atom. The van der Waals surface area contributed by atoms with Crippen LogP contribution in [0.5, 0.6) is 0 Å². The summed E-state index contributed by atoms with van der Waals surface area (Å²) in [6.07, 6.45) is 2.87. The minimum absolute atomic E-state index is 0.123. The second-order valence-electron chi connectivity index (χ2n) is 3.26. The summed E-state index contributed by atoms with van der Waals surface area (Å²) < 4.78 is 0. The van der Waals surface area contributed by atoms with Crippen LogP contribution in [0, 0.1) is 0 Å². The van der Waals surface area contributed by atoms with Crippen molar-refractivity contribution < 1.29 is 5.11 Å². The predicted octanol–water partition coefficient (Wildman–Crippen LogP) is 0.0340. The van der Waals surface area contributed by atoms with Crippen molar-refractivity contribution in [3.8, 4) is 0 Å². The molecule has 66 valence electrons. The molecule has 5 N–H and O–H groups in total. The van der Waals surface area contributed by atoms with Gasteiger partial charge in [-0.15, -0.1) is 0 Å². The minimum Gasteiger partial charge on any atom is -0.384 e. The van der Waals surface area contributed by atoms with Crippen LogP contribution in [0.2, 0.25) is 0 Å². The molecular formula is C7H11N3OS. The van der Waals surface area contributed by atoms with E-state index in [0.717, 1.165) is 4.88 Å². The number of nitrogen functional groups attached to an aromatic ring is 1. The van der Waals surface area contributed by atoms with Crippen molar-refractivity contribution in [1.29, 1.82) is 0 Å². The SMILES string of the molecule is Nc1ncc(C2(O)CC(N)C2)s1. The summed E-state index contributed by atoms with van der Waals surface area (Å²) in [5.74, 6) is 0. The van der Waals surface area contributed by atoms with E-state index in [1.807, 2.05) is 0 Å². The van der Waals surface area contributed by atoms with Crippen LogP contribution in [0.1, 0.15) is 17.7 Å². The topological polar surface area (TPSA) is 85.2 Å². The lowest BCUT2D eigenvalue weighted by Crippen LogP contribution is -2.48. The van der Waals surface area contributed by atoms with Gasteiger partial charge in [0.2, 0.25) is 0 Å². The molecule has 1 aliphatic carbocycles. The van der Waals surface area contributed by atoms with Crippen molar-refractivity contribution in [2.24, 2.45) is 5.73 Å². The van der Waals surface area contributed by atoms with Gasteiger partial charge < -0.3 is 16.6 Å². The fourth-order valence-corrected chi connectivity index (χ4v) is 2.30. The number of rotatable bonds is 1. The molecule has 1 heterocycles. The number of hydrogen-bond acceptors (Lipinski definition) is 5. The molecule has 0 spiro atoms. The molecule has 1 aromatic rings. The van der Waals surface area contributed by atoms with Gasteiger partial charge in [0, 0.05) is 12.2 Å². The molecule has 0 amide bonds.